The Bertz CT molecular complexity index is 452. The van der Waals surface area contributed by atoms with Gasteiger partial charge in [0.05, 0.1) is 0 Å². The van der Waals surface area contributed by atoms with Gasteiger partial charge in [-0.1, -0.05) is 19.3 Å². The molecule has 136 valence electrons. The highest BCUT2D eigenvalue weighted by atomic mass is 16.5. The van der Waals surface area contributed by atoms with Crippen LogP contribution in [0.3, 0.4) is 0 Å². The standard InChI is InChI=1S/C19H32N2O3/c1-24-14-17(22)20-16-7-8-19(16)9-11-21(12-10-19)18(23)13-15-5-3-2-4-6-15/h15-16H,2-14H2,1H3,(H,20,22). The zero-order valence-electron chi connectivity index (χ0n) is 15.0. The van der Waals surface area contributed by atoms with Gasteiger partial charge in [-0.2, -0.15) is 0 Å². The molecule has 1 heterocycles. The van der Waals surface area contributed by atoms with Gasteiger partial charge >= 0.3 is 0 Å². The van der Waals surface area contributed by atoms with Crippen LogP contribution in [0.5, 0.6) is 0 Å². The van der Waals surface area contributed by atoms with Gasteiger partial charge in [-0.25, -0.2) is 0 Å². The number of rotatable bonds is 5. The summed E-state index contributed by atoms with van der Waals surface area (Å²) in [6.07, 6.45) is 11.4. The monoisotopic (exact) mass is 336 g/mol. The maximum atomic E-state index is 12.6. The average Bonchev–Trinajstić information content (AvgIpc) is 2.60. The number of ether oxygens (including phenoxy) is 1. The average molecular weight is 336 g/mol. The third-order valence-corrected chi connectivity index (χ3v) is 6.58. The molecule has 0 bridgehead atoms. The molecule has 2 amide bonds. The lowest BCUT2D eigenvalue weighted by Crippen LogP contribution is -2.60. The number of methoxy groups -OCH3 is 1. The topological polar surface area (TPSA) is 58.6 Å². The minimum atomic E-state index is -0.0163. The Morgan fingerprint density at radius 1 is 1.08 bits per heavy atom. The zero-order valence-corrected chi connectivity index (χ0v) is 15.0. The molecule has 1 spiro atoms. The Kier molecular flexibility index (Phi) is 5.80. The molecule has 5 heteroatoms. The lowest BCUT2D eigenvalue weighted by molar-refractivity contribution is -0.138. The molecule has 24 heavy (non-hydrogen) atoms. The number of hydrogen-bond acceptors (Lipinski definition) is 3. The normalized spacial score (nSPS) is 26.9. The van der Waals surface area contributed by atoms with Gasteiger partial charge in [0.15, 0.2) is 0 Å². The molecule has 0 aromatic rings. The summed E-state index contributed by atoms with van der Waals surface area (Å²) in [6.45, 7) is 1.86. The van der Waals surface area contributed by atoms with Gasteiger partial charge in [0.1, 0.15) is 6.61 Å². The van der Waals surface area contributed by atoms with E-state index in [1.807, 2.05) is 0 Å². The molecule has 2 saturated carbocycles. The van der Waals surface area contributed by atoms with Gasteiger partial charge in [0, 0.05) is 32.7 Å². The molecule has 2 aliphatic carbocycles. The molecule has 1 aliphatic heterocycles. The predicted octanol–water partition coefficient (Wildman–Crippen LogP) is 2.49. The maximum Gasteiger partial charge on any atom is 0.246 e. The van der Waals surface area contributed by atoms with E-state index in [1.54, 1.807) is 7.11 Å². The van der Waals surface area contributed by atoms with E-state index in [2.05, 4.69) is 10.2 Å². The Labute approximate surface area is 145 Å². The summed E-state index contributed by atoms with van der Waals surface area (Å²) < 4.78 is 4.90. The number of carbonyl (C=O) groups excluding carboxylic acids is 2. The van der Waals surface area contributed by atoms with Crippen LogP contribution in [0.25, 0.3) is 0 Å². The van der Waals surface area contributed by atoms with Crippen molar-refractivity contribution in [3.05, 3.63) is 0 Å². The van der Waals surface area contributed by atoms with Crippen molar-refractivity contribution < 1.29 is 14.3 Å². The first-order valence-electron chi connectivity index (χ1n) is 9.69. The second kappa shape index (κ2) is 7.85. The van der Waals surface area contributed by atoms with Gasteiger partial charge in [-0.05, 0) is 49.9 Å². The highest BCUT2D eigenvalue weighted by Gasteiger charge is 2.49. The fourth-order valence-corrected chi connectivity index (χ4v) is 4.86. The van der Waals surface area contributed by atoms with Crippen molar-refractivity contribution >= 4 is 11.8 Å². The maximum absolute atomic E-state index is 12.6. The number of nitrogens with zero attached hydrogens (tertiary/aromatic N) is 1. The molecular formula is C19H32N2O3. The van der Waals surface area contributed by atoms with Gasteiger partial charge in [0.25, 0.3) is 0 Å². The number of hydrogen-bond donors (Lipinski definition) is 1. The number of carbonyl (C=O) groups is 2. The van der Waals surface area contributed by atoms with Crippen LogP contribution >= 0.6 is 0 Å². The third-order valence-electron chi connectivity index (χ3n) is 6.58. The summed E-state index contributed by atoms with van der Waals surface area (Å²) in [5, 5.41) is 3.12. The summed E-state index contributed by atoms with van der Waals surface area (Å²) in [6, 6.07) is 0.274. The summed E-state index contributed by atoms with van der Waals surface area (Å²) in [5.41, 5.74) is 0.227. The number of nitrogens with one attached hydrogen (secondary N) is 1. The van der Waals surface area contributed by atoms with Crippen LogP contribution in [-0.4, -0.2) is 49.6 Å². The van der Waals surface area contributed by atoms with E-state index in [4.69, 9.17) is 4.74 Å². The van der Waals surface area contributed by atoms with E-state index >= 15 is 0 Å². The highest BCUT2D eigenvalue weighted by molar-refractivity contribution is 5.78. The lowest BCUT2D eigenvalue weighted by atomic mass is 9.59. The van der Waals surface area contributed by atoms with Crippen molar-refractivity contribution in [1.29, 1.82) is 0 Å². The molecule has 0 aromatic heterocycles. The Balaban J connectivity index is 1.45. The number of amides is 2. The molecule has 1 atom stereocenters. The first-order chi connectivity index (χ1) is 11.6. The van der Waals surface area contributed by atoms with Crippen molar-refractivity contribution in [2.24, 2.45) is 11.3 Å². The van der Waals surface area contributed by atoms with E-state index in [0.717, 1.165) is 38.8 Å². The molecule has 3 aliphatic rings. The molecule has 0 radical (unpaired) electrons. The van der Waals surface area contributed by atoms with Crippen molar-refractivity contribution in [3.8, 4) is 0 Å². The van der Waals surface area contributed by atoms with Gasteiger partial charge < -0.3 is 15.0 Å². The van der Waals surface area contributed by atoms with E-state index in [1.165, 1.54) is 38.5 Å². The van der Waals surface area contributed by atoms with Crippen LogP contribution in [0.1, 0.15) is 64.2 Å². The predicted molar refractivity (Wildman–Crippen MR) is 92.5 cm³/mol. The molecule has 3 fully saturated rings. The zero-order chi connectivity index (χ0) is 17.0. The Morgan fingerprint density at radius 3 is 2.38 bits per heavy atom. The smallest absolute Gasteiger partial charge is 0.246 e. The van der Waals surface area contributed by atoms with Crippen LogP contribution in [-0.2, 0) is 14.3 Å². The first-order valence-corrected chi connectivity index (χ1v) is 9.69. The summed E-state index contributed by atoms with van der Waals surface area (Å²) in [7, 11) is 1.55. The minimum absolute atomic E-state index is 0.0163. The van der Waals surface area contributed by atoms with Gasteiger partial charge in [-0.3, -0.25) is 9.59 Å². The van der Waals surface area contributed by atoms with Gasteiger partial charge in [0.2, 0.25) is 11.8 Å². The number of piperidine rings is 1. The quantitative estimate of drug-likeness (QED) is 0.839. The molecule has 1 unspecified atom stereocenters. The van der Waals surface area contributed by atoms with E-state index in [9.17, 15) is 9.59 Å². The molecular weight excluding hydrogens is 304 g/mol. The summed E-state index contributed by atoms with van der Waals surface area (Å²) >= 11 is 0. The molecule has 1 N–H and O–H groups in total. The Morgan fingerprint density at radius 2 is 1.79 bits per heavy atom. The van der Waals surface area contributed by atoms with Crippen LogP contribution < -0.4 is 5.32 Å². The van der Waals surface area contributed by atoms with Crippen molar-refractivity contribution in [2.45, 2.75) is 70.3 Å². The van der Waals surface area contributed by atoms with Crippen molar-refractivity contribution in [1.82, 2.24) is 10.2 Å². The lowest BCUT2D eigenvalue weighted by Gasteiger charge is -2.54. The second-order valence-electron chi connectivity index (χ2n) is 8.04. The fraction of sp³-hybridized carbons (Fsp3) is 0.895. The van der Waals surface area contributed by atoms with E-state index in [-0.39, 0.29) is 24.0 Å². The van der Waals surface area contributed by atoms with Crippen molar-refractivity contribution in [2.75, 3.05) is 26.8 Å². The van der Waals surface area contributed by atoms with Crippen molar-refractivity contribution in [3.63, 3.8) is 0 Å². The van der Waals surface area contributed by atoms with Crippen LogP contribution in [0.4, 0.5) is 0 Å². The fourth-order valence-electron chi connectivity index (χ4n) is 4.86. The molecule has 0 aromatic carbocycles. The largest absolute Gasteiger partial charge is 0.375 e. The Hall–Kier alpha value is -1.10. The first kappa shape index (κ1) is 17.7. The van der Waals surface area contributed by atoms with Crippen LogP contribution in [0.2, 0.25) is 0 Å². The second-order valence-corrected chi connectivity index (χ2v) is 8.04. The number of likely N-dealkylation sites (tertiary alicyclic amines) is 1. The minimum Gasteiger partial charge on any atom is -0.375 e. The van der Waals surface area contributed by atoms with Crippen LogP contribution in [0.15, 0.2) is 0 Å². The molecule has 5 nitrogen and oxygen atoms in total. The molecule has 3 rings (SSSR count). The van der Waals surface area contributed by atoms with E-state index in [0.29, 0.717) is 11.8 Å². The molecule has 1 saturated heterocycles. The summed E-state index contributed by atoms with van der Waals surface area (Å²) in [5.74, 6) is 0.959. The SMILES string of the molecule is COCC(=O)NC1CCC12CCN(C(=O)CC1CCCCC1)CC2. The third kappa shape index (κ3) is 3.93. The van der Waals surface area contributed by atoms with Gasteiger partial charge in [-0.15, -0.1) is 0 Å². The van der Waals surface area contributed by atoms with Crippen LogP contribution in [0, 0.1) is 11.3 Å². The van der Waals surface area contributed by atoms with E-state index < -0.39 is 0 Å². The highest BCUT2D eigenvalue weighted by Crippen LogP contribution is 2.49. The summed E-state index contributed by atoms with van der Waals surface area (Å²) in [4.78, 5) is 26.4.